The third-order valence-corrected chi connectivity index (χ3v) is 5.45. The maximum Gasteiger partial charge on any atom is 0.230 e. The molecule has 29 heavy (non-hydrogen) atoms. The van der Waals surface area contributed by atoms with E-state index < -0.39 is 0 Å². The standard InChI is InChI=1S/C20H20Cl2N4O2S/c1-2-26-19(14-3-5-15(21)6-4-14)24-25-20(26)29-13-18(27)23-11-12-28-17-9-7-16(22)8-10-17/h3-10H,2,11-13H2,1H3,(H,23,27). The number of nitrogens with zero attached hydrogens (tertiary/aromatic N) is 3. The quantitative estimate of drug-likeness (QED) is 0.382. The van der Waals surface area contributed by atoms with Gasteiger partial charge in [-0.3, -0.25) is 4.79 Å². The zero-order valence-corrected chi connectivity index (χ0v) is 18.1. The lowest BCUT2D eigenvalue weighted by molar-refractivity contribution is -0.118. The number of rotatable bonds is 9. The molecule has 0 spiro atoms. The van der Waals surface area contributed by atoms with Crippen LogP contribution in [0.5, 0.6) is 5.75 Å². The van der Waals surface area contributed by atoms with Crippen molar-refractivity contribution in [3.8, 4) is 17.1 Å². The fourth-order valence-electron chi connectivity index (χ4n) is 2.56. The predicted molar refractivity (Wildman–Crippen MR) is 117 cm³/mol. The van der Waals surface area contributed by atoms with Gasteiger partial charge in [0.05, 0.1) is 12.3 Å². The van der Waals surface area contributed by atoms with Crippen LogP contribution in [-0.2, 0) is 11.3 Å². The fourth-order valence-corrected chi connectivity index (χ4v) is 3.65. The van der Waals surface area contributed by atoms with E-state index in [0.29, 0.717) is 40.6 Å². The third kappa shape index (κ3) is 6.13. The molecule has 152 valence electrons. The second-order valence-corrected chi connectivity index (χ2v) is 7.81. The molecular weight excluding hydrogens is 431 g/mol. The summed E-state index contributed by atoms with van der Waals surface area (Å²) in [4.78, 5) is 12.1. The number of thioether (sulfide) groups is 1. The number of halogens is 2. The maximum absolute atomic E-state index is 12.1. The molecule has 6 nitrogen and oxygen atoms in total. The summed E-state index contributed by atoms with van der Waals surface area (Å²) >= 11 is 13.1. The van der Waals surface area contributed by atoms with Gasteiger partial charge in [-0.2, -0.15) is 0 Å². The number of amides is 1. The number of hydrogen-bond donors (Lipinski definition) is 1. The summed E-state index contributed by atoms with van der Waals surface area (Å²) in [7, 11) is 0. The Balaban J connectivity index is 1.47. The average Bonchev–Trinajstić information content (AvgIpc) is 3.14. The molecule has 3 rings (SSSR count). The first kappa shape index (κ1) is 21.5. The van der Waals surface area contributed by atoms with Gasteiger partial charge in [0.15, 0.2) is 11.0 Å². The number of nitrogens with one attached hydrogen (secondary N) is 1. The van der Waals surface area contributed by atoms with Crippen molar-refractivity contribution in [2.75, 3.05) is 18.9 Å². The first-order valence-corrected chi connectivity index (χ1v) is 10.8. The van der Waals surface area contributed by atoms with Gasteiger partial charge in [0.2, 0.25) is 5.91 Å². The van der Waals surface area contributed by atoms with E-state index in [9.17, 15) is 4.79 Å². The molecule has 0 aliphatic rings. The van der Waals surface area contributed by atoms with Gasteiger partial charge in [-0.25, -0.2) is 0 Å². The molecule has 1 amide bonds. The number of hydrogen-bond acceptors (Lipinski definition) is 5. The summed E-state index contributed by atoms with van der Waals surface area (Å²) in [6, 6.07) is 14.5. The summed E-state index contributed by atoms with van der Waals surface area (Å²) < 4.78 is 7.53. The Bertz CT molecular complexity index is 946. The molecule has 1 heterocycles. The van der Waals surface area contributed by atoms with E-state index in [1.165, 1.54) is 11.8 Å². The van der Waals surface area contributed by atoms with Crippen molar-refractivity contribution < 1.29 is 9.53 Å². The highest BCUT2D eigenvalue weighted by Crippen LogP contribution is 2.25. The van der Waals surface area contributed by atoms with Gasteiger partial charge < -0.3 is 14.6 Å². The van der Waals surface area contributed by atoms with Gasteiger partial charge in [-0.05, 0) is 55.5 Å². The third-order valence-electron chi connectivity index (χ3n) is 3.97. The first-order valence-electron chi connectivity index (χ1n) is 9.04. The Hall–Kier alpha value is -2.22. The van der Waals surface area contributed by atoms with E-state index >= 15 is 0 Å². The first-order chi connectivity index (χ1) is 14.1. The Kier molecular flexibility index (Phi) is 7.80. The van der Waals surface area contributed by atoms with Gasteiger partial charge >= 0.3 is 0 Å². The number of carbonyl (C=O) groups is 1. The highest BCUT2D eigenvalue weighted by molar-refractivity contribution is 7.99. The van der Waals surface area contributed by atoms with Crippen LogP contribution < -0.4 is 10.1 Å². The highest BCUT2D eigenvalue weighted by atomic mass is 35.5. The van der Waals surface area contributed by atoms with E-state index in [1.807, 2.05) is 35.8 Å². The minimum atomic E-state index is -0.0894. The molecule has 9 heteroatoms. The van der Waals surface area contributed by atoms with E-state index in [2.05, 4.69) is 15.5 Å². The Morgan fingerprint density at radius 1 is 1.07 bits per heavy atom. The van der Waals surface area contributed by atoms with Crippen molar-refractivity contribution in [1.82, 2.24) is 20.1 Å². The molecule has 0 bridgehead atoms. The molecule has 1 aromatic heterocycles. The van der Waals surface area contributed by atoms with Crippen LogP contribution >= 0.6 is 35.0 Å². The molecule has 3 aromatic rings. The van der Waals surface area contributed by atoms with Gasteiger partial charge in [0, 0.05) is 22.2 Å². The van der Waals surface area contributed by atoms with Crippen molar-refractivity contribution in [2.45, 2.75) is 18.6 Å². The predicted octanol–water partition coefficient (Wildman–Crippen LogP) is 4.56. The van der Waals surface area contributed by atoms with Crippen LogP contribution in [0.3, 0.4) is 0 Å². The van der Waals surface area contributed by atoms with E-state index in [-0.39, 0.29) is 11.7 Å². The second kappa shape index (κ2) is 10.5. The summed E-state index contributed by atoms with van der Waals surface area (Å²) in [5.74, 6) is 1.63. The van der Waals surface area contributed by atoms with E-state index in [0.717, 1.165) is 11.4 Å². The largest absolute Gasteiger partial charge is 0.492 e. The SMILES string of the molecule is CCn1c(SCC(=O)NCCOc2ccc(Cl)cc2)nnc1-c1ccc(Cl)cc1. The Labute approximate surface area is 183 Å². The molecule has 0 fully saturated rings. The van der Waals surface area contributed by atoms with Gasteiger partial charge in [0.25, 0.3) is 0 Å². The van der Waals surface area contributed by atoms with Crippen LogP contribution in [0.4, 0.5) is 0 Å². The smallest absolute Gasteiger partial charge is 0.230 e. The molecule has 0 radical (unpaired) electrons. The zero-order chi connectivity index (χ0) is 20.6. The van der Waals surface area contributed by atoms with Gasteiger partial charge in [-0.1, -0.05) is 35.0 Å². The maximum atomic E-state index is 12.1. The minimum Gasteiger partial charge on any atom is -0.492 e. The summed E-state index contributed by atoms with van der Waals surface area (Å²) in [6.07, 6.45) is 0. The summed E-state index contributed by atoms with van der Waals surface area (Å²) in [5, 5.41) is 13.4. The molecule has 0 aliphatic carbocycles. The molecule has 0 aliphatic heterocycles. The lowest BCUT2D eigenvalue weighted by Crippen LogP contribution is -2.29. The van der Waals surface area contributed by atoms with Crippen LogP contribution in [0, 0.1) is 0 Å². The number of aromatic nitrogens is 3. The van der Waals surface area contributed by atoms with Gasteiger partial charge in [-0.15, -0.1) is 10.2 Å². The minimum absolute atomic E-state index is 0.0894. The monoisotopic (exact) mass is 450 g/mol. The summed E-state index contributed by atoms with van der Waals surface area (Å²) in [5.41, 5.74) is 0.930. The molecule has 0 atom stereocenters. The molecule has 1 N–H and O–H groups in total. The van der Waals surface area contributed by atoms with Crippen LogP contribution in [0.2, 0.25) is 10.0 Å². The number of carbonyl (C=O) groups excluding carboxylic acids is 1. The summed E-state index contributed by atoms with van der Waals surface area (Å²) in [6.45, 7) is 3.51. The van der Waals surface area contributed by atoms with Crippen LogP contribution in [0.1, 0.15) is 6.92 Å². The molecular formula is C20H20Cl2N4O2S. The Morgan fingerprint density at radius 2 is 1.72 bits per heavy atom. The van der Waals surface area contributed by atoms with E-state index in [1.54, 1.807) is 24.3 Å². The van der Waals surface area contributed by atoms with Crippen LogP contribution in [-0.4, -0.2) is 39.6 Å². The topological polar surface area (TPSA) is 69.0 Å². The number of benzene rings is 2. The average molecular weight is 451 g/mol. The van der Waals surface area contributed by atoms with Crippen LogP contribution in [0.25, 0.3) is 11.4 Å². The van der Waals surface area contributed by atoms with Crippen molar-refractivity contribution in [2.24, 2.45) is 0 Å². The molecule has 0 unspecified atom stereocenters. The van der Waals surface area contributed by atoms with Crippen molar-refractivity contribution in [1.29, 1.82) is 0 Å². The number of ether oxygens (including phenoxy) is 1. The molecule has 2 aromatic carbocycles. The fraction of sp³-hybridized carbons (Fsp3) is 0.250. The normalized spacial score (nSPS) is 10.7. The Morgan fingerprint density at radius 3 is 2.38 bits per heavy atom. The van der Waals surface area contributed by atoms with Crippen molar-refractivity contribution >= 4 is 40.9 Å². The van der Waals surface area contributed by atoms with Crippen molar-refractivity contribution in [3.05, 3.63) is 58.6 Å². The zero-order valence-electron chi connectivity index (χ0n) is 15.8. The lowest BCUT2D eigenvalue weighted by atomic mass is 10.2. The highest BCUT2D eigenvalue weighted by Gasteiger charge is 2.14. The van der Waals surface area contributed by atoms with E-state index in [4.69, 9.17) is 27.9 Å². The van der Waals surface area contributed by atoms with Crippen molar-refractivity contribution in [3.63, 3.8) is 0 Å². The second-order valence-electron chi connectivity index (χ2n) is 6.00. The molecule has 0 saturated heterocycles. The van der Waals surface area contributed by atoms with Gasteiger partial charge in [0.1, 0.15) is 12.4 Å². The van der Waals surface area contributed by atoms with Crippen LogP contribution in [0.15, 0.2) is 53.7 Å². The lowest BCUT2D eigenvalue weighted by Gasteiger charge is -2.09. The molecule has 0 saturated carbocycles.